The van der Waals surface area contributed by atoms with E-state index >= 15 is 4.39 Å². The molecule has 0 unspecified atom stereocenters. The van der Waals surface area contributed by atoms with Crippen molar-refractivity contribution in [3.63, 3.8) is 0 Å². The summed E-state index contributed by atoms with van der Waals surface area (Å²) in [6.45, 7) is 4.13. The predicted octanol–water partition coefficient (Wildman–Crippen LogP) is 5.68. The minimum Gasteiger partial charge on any atom is -0.475 e. The molecule has 2 saturated heterocycles. The van der Waals surface area contributed by atoms with Crippen LogP contribution < -0.4 is 25.8 Å². The zero-order valence-corrected chi connectivity index (χ0v) is 26.7. The first kappa shape index (κ1) is 32.2. The maximum atomic E-state index is 16.9. The Morgan fingerprint density at radius 1 is 1.17 bits per heavy atom. The van der Waals surface area contributed by atoms with Gasteiger partial charge in [-0.25, -0.2) is 23.7 Å². The van der Waals surface area contributed by atoms with E-state index < -0.39 is 68.6 Å². The van der Waals surface area contributed by atoms with Gasteiger partial charge in [0.25, 0.3) is 0 Å². The molecule has 3 atom stereocenters. The van der Waals surface area contributed by atoms with Crippen molar-refractivity contribution in [3.8, 4) is 23.1 Å². The van der Waals surface area contributed by atoms with Crippen LogP contribution in [-0.4, -0.2) is 74.4 Å². The molecule has 11 nitrogen and oxygen atoms in total. The number of alkyl halides is 4. The summed E-state index contributed by atoms with van der Waals surface area (Å²) < 4.78 is 86.8. The van der Waals surface area contributed by atoms with E-state index in [4.69, 9.17) is 32.5 Å². The van der Waals surface area contributed by atoms with Crippen LogP contribution in [0.1, 0.15) is 49.0 Å². The lowest BCUT2D eigenvalue weighted by molar-refractivity contribution is -0.137. The van der Waals surface area contributed by atoms with Gasteiger partial charge in [-0.2, -0.15) is 23.1 Å². The Kier molecular flexibility index (Phi) is 7.85. The Hall–Kier alpha value is -4.31. The van der Waals surface area contributed by atoms with Crippen molar-refractivity contribution >= 4 is 40.0 Å². The Morgan fingerprint density at radius 2 is 1.96 bits per heavy atom. The van der Waals surface area contributed by atoms with Crippen molar-refractivity contribution in [2.45, 2.75) is 57.0 Å². The molecule has 3 aliphatic heterocycles. The van der Waals surface area contributed by atoms with E-state index in [0.717, 1.165) is 13.3 Å². The molecule has 0 aromatic carbocycles. The quantitative estimate of drug-likeness (QED) is 0.241. The molecule has 0 radical (unpaired) electrons. The van der Waals surface area contributed by atoms with Crippen LogP contribution in [0.3, 0.4) is 0 Å². The van der Waals surface area contributed by atoms with E-state index in [1.807, 2.05) is 11.8 Å². The second kappa shape index (κ2) is 11.7. The van der Waals surface area contributed by atoms with Crippen LogP contribution in [0, 0.1) is 12.7 Å². The highest BCUT2D eigenvalue weighted by Crippen LogP contribution is 2.48. The van der Waals surface area contributed by atoms with Crippen molar-refractivity contribution < 1.29 is 31.4 Å². The molecule has 48 heavy (non-hydrogen) atoms. The molecule has 7 rings (SSSR count). The van der Waals surface area contributed by atoms with Gasteiger partial charge in [-0.3, -0.25) is 4.90 Å². The number of pyridine rings is 3. The molecule has 7 heterocycles. The van der Waals surface area contributed by atoms with E-state index in [9.17, 15) is 17.6 Å². The fourth-order valence-electron chi connectivity index (χ4n) is 7.24. The van der Waals surface area contributed by atoms with Gasteiger partial charge in [-0.05, 0) is 39.3 Å². The topological polar surface area (TPSA) is 141 Å². The van der Waals surface area contributed by atoms with Crippen LogP contribution in [-0.2, 0) is 6.18 Å². The fraction of sp³-hybridized carbons (Fsp3) is 0.452. The number of halogens is 6. The Labute approximate surface area is 276 Å². The summed E-state index contributed by atoms with van der Waals surface area (Å²) >= 11 is 6.32. The van der Waals surface area contributed by atoms with E-state index in [1.165, 1.54) is 0 Å². The Morgan fingerprint density at radius 3 is 2.71 bits per heavy atom. The average Bonchev–Trinajstić information content (AvgIpc) is 3.48. The van der Waals surface area contributed by atoms with Crippen molar-refractivity contribution in [3.05, 3.63) is 46.0 Å². The number of aromatic nitrogens is 5. The summed E-state index contributed by atoms with van der Waals surface area (Å²) in [5, 5.41) is -0.626. The lowest BCUT2D eigenvalue weighted by Gasteiger charge is -2.32. The summed E-state index contributed by atoms with van der Waals surface area (Å²) in [5.41, 5.74) is 8.33. The molecule has 2 fully saturated rings. The van der Waals surface area contributed by atoms with Crippen LogP contribution in [0.4, 0.5) is 39.4 Å². The van der Waals surface area contributed by atoms with Gasteiger partial charge in [0.2, 0.25) is 5.88 Å². The molecule has 4 aromatic rings. The van der Waals surface area contributed by atoms with Crippen molar-refractivity contribution in [2.24, 2.45) is 0 Å². The lowest BCUT2D eigenvalue weighted by Crippen LogP contribution is -2.43. The number of anilines is 3. The van der Waals surface area contributed by atoms with Crippen LogP contribution in [0.5, 0.6) is 11.9 Å². The van der Waals surface area contributed by atoms with E-state index in [-0.39, 0.29) is 61.6 Å². The van der Waals surface area contributed by atoms with Gasteiger partial charge >= 0.3 is 12.2 Å². The minimum absolute atomic E-state index is 0.00388. The van der Waals surface area contributed by atoms with Crippen molar-refractivity contribution in [1.29, 1.82) is 0 Å². The lowest BCUT2D eigenvalue weighted by atomic mass is 9.95. The highest BCUT2D eigenvalue weighted by atomic mass is 35.5. The molecular formula is C31H31ClF5N9O2. The molecule has 0 spiro atoms. The van der Waals surface area contributed by atoms with Crippen LogP contribution in [0.15, 0.2) is 18.3 Å². The van der Waals surface area contributed by atoms with Crippen LogP contribution in [0.25, 0.3) is 22.2 Å². The van der Waals surface area contributed by atoms with Gasteiger partial charge in [-0.1, -0.05) is 17.7 Å². The smallest absolute Gasteiger partial charge is 0.418 e. The third-order valence-corrected chi connectivity index (χ3v) is 9.82. The highest BCUT2D eigenvalue weighted by Gasteiger charge is 2.49. The van der Waals surface area contributed by atoms with E-state index in [0.29, 0.717) is 18.5 Å². The second-order valence-corrected chi connectivity index (χ2v) is 12.7. The minimum atomic E-state index is -5.00. The van der Waals surface area contributed by atoms with Crippen LogP contribution >= 0.6 is 11.6 Å². The normalized spacial score (nSPS) is 21.7. The largest absolute Gasteiger partial charge is 0.475 e. The molecule has 4 N–H and O–H groups in total. The van der Waals surface area contributed by atoms with Gasteiger partial charge in [0.05, 0.1) is 34.4 Å². The zero-order valence-electron chi connectivity index (χ0n) is 25.9. The number of aryl methyl sites for hydroxylation is 1. The number of nitrogens with zero attached hydrogens (tertiary/aromatic N) is 7. The monoisotopic (exact) mass is 691 g/mol. The number of ether oxygens (including phenoxy) is 2. The van der Waals surface area contributed by atoms with Gasteiger partial charge in [0.15, 0.2) is 5.82 Å². The molecule has 0 saturated carbocycles. The molecule has 4 aromatic heterocycles. The molecule has 0 amide bonds. The third-order valence-electron chi connectivity index (χ3n) is 9.44. The first-order valence-electron chi connectivity index (χ1n) is 15.3. The molecule has 3 aliphatic rings. The number of nitrogens with two attached hydrogens (primary N) is 2. The second-order valence-electron chi connectivity index (χ2n) is 12.3. The fourth-order valence-corrected chi connectivity index (χ4v) is 7.47. The summed E-state index contributed by atoms with van der Waals surface area (Å²) in [6.07, 6.45) is -2.65. The summed E-state index contributed by atoms with van der Waals surface area (Å²) in [6, 6.07) is 2.77. The SMILES string of the molecule is Cc1nc(N)c(Cl)c(-c2nc3c4c(nc(OC[C@@]56CCCN5C[C@H](F)C6)nc4c2F)N([C@H](C)c2cccnc2N)CCO3)c1C(F)(F)F. The van der Waals surface area contributed by atoms with Gasteiger partial charge < -0.3 is 25.8 Å². The maximum absolute atomic E-state index is 16.9. The Bertz CT molecular complexity index is 1930. The first-order chi connectivity index (χ1) is 22.8. The highest BCUT2D eigenvalue weighted by molar-refractivity contribution is 6.35. The zero-order chi connectivity index (χ0) is 34.1. The first-order valence-corrected chi connectivity index (χ1v) is 15.7. The number of hydrogen-bond acceptors (Lipinski definition) is 11. The number of rotatable bonds is 6. The number of nitrogen functional groups attached to an aromatic ring is 2. The van der Waals surface area contributed by atoms with Crippen molar-refractivity contribution in [1.82, 2.24) is 29.8 Å². The van der Waals surface area contributed by atoms with Gasteiger partial charge in [-0.15, -0.1) is 0 Å². The predicted molar refractivity (Wildman–Crippen MR) is 168 cm³/mol. The van der Waals surface area contributed by atoms with Crippen LogP contribution in [0.2, 0.25) is 5.02 Å². The standard InChI is InChI=1S/C31H31ClF5N9O2/c1-14-20(31(35,36)37)18(21(32)26(39)41-14)23-22(34)24-19-27(44-29(43-24)48-13-30-6-4-8-45(30)12-16(33)11-30)46(9-10-47-28(19)42-23)15(2)17-5-3-7-40-25(17)38/h3,5,7,15-16H,4,6,8-13H2,1-2H3,(H2,38,40)(H2,39,41)/t15-,16-,30+/m1/s1. The average molecular weight is 692 g/mol. The molecule has 0 bridgehead atoms. The van der Waals surface area contributed by atoms with Crippen molar-refractivity contribution in [2.75, 3.05) is 49.2 Å². The van der Waals surface area contributed by atoms with Gasteiger partial charge in [0.1, 0.15) is 53.4 Å². The Balaban J connectivity index is 1.45. The van der Waals surface area contributed by atoms with Gasteiger partial charge in [0, 0.05) is 30.3 Å². The summed E-state index contributed by atoms with van der Waals surface area (Å²) in [7, 11) is 0. The number of fused-ring (bicyclic) bond motifs is 1. The molecule has 17 heteroatoms. The third kappa shape index (κ3) is 5.25. The molecule has 254 valence electrons. The van der Waals surface area contributed by atoms with E-state index in [2.05, 4.69) is 24.9 Å². The number of hydrogen-bond donors (Lipinski definition) is 2. The summed E-state index contributed by atoms with van der Waals surface area (Å²) in [5.74, 6) is -1.47. The molecule has 0 aliphatic carbocycles. The maximum Gasteiger partial charge on any atom is 0.418 e. The molecular weight excluding hydrogens is 661 g/mol. The summed E-state index contributed by atoms with van der Waals surface area (Å²) in [4.78, 5) is 25.0. The van der Waals surface area contributed by atoms with E-state index in [1.54, 1.807) is 23.2 Å².